The van der Waals surface area contributed by atoms with Crippen molar-refractivity contribution in [2.75, 3.05) is 11.9 Å². The van der Waals surface area contributed by atoms with Gasteiger partial charge in [-0.15, -0.1) is 0 Å². The predicted octanol–water partition coefficient (Wildman–Crippen LogP) is 3.52. The van der Waals surface area contributed by atoms with Crippen LogP contribution in [-0.2, 0) is 15.1 Å². The van der Waals surface area contributed by atoms with Gasteiger partial charge in [-0.2, -0.15) is 0 Å². The van der Waals surface area contributed by atoms with E-state index in [1.165, 1.54) is 6.92 Å². The fraction of sp³-hybridized carbons (Fsp3) is 0.136. The first-order valence-corrected chi connectivity index (χ1v) is 9.16. The second-order valence-electron chi connectivity index (χ2n) is 7.18. The summed E-state index contributed by atoms with van der Waals surface area (Å²) in [6, 6.07) is 14.7. The van der Waals surface area contributed by atoms with Crippen molar-refractivity contribution >= 4 is 34.3 Å². The molecular formula is C22H17F2N3O3. The zero-order chi connectivity index (χ0) is 21.5. The van der Waals surface area contributed by atoms with E-state index in [0.717, 1.165) is 29.0 Å². The lowest BCUT2D eigenvalue weighted by Crippen LogP contribution is -2.42. The lowest BCUT2D eigenvalue weighted by Gasteiger charge is -2.22. The minimum absolute atomic E-state index is 0.307. The van der Waals surface area contributed by atoms with Gasteiger partial charge in [0.05, 0.1) is 0 Å². The highest BCUT2D eigenvalue weighted by molar-refractivity contribution is 6.10. The molecule has 30 heavy (non-hydrogen) atoms. The highest BCUT2D eigenvalue weighted by atomic mass is 19.1. The van der Waals surface area contributed by atoms with Gasteiger partial charge in [0.25, 0.3) is 5.91 Å². The third-order valence-corrected chi connectivity index (χ3v) is 5.08. The lowest BCUT2D eigenvalue weighted by molar-refractivity contribution is -0.133. The van der Waals surface area contributed by atoms with Gasteiger partial charge < -0.3 is 10.6 Å². The first-order valence-electron chi connectivity index (χ1n) is 9.16. The van der Waals surface area contributed by atoms with E-state index in [9.17, 15) is 23.2 Å². The third-order valence-electron chi connectivity index (χ3n) is 5.08. The Bertz CT molecular complexity index is 1200. The number of carbonyl (C=O) groups excluding carboxylic acids is 3. The van der Waals surface area contributed by atoms with Gasteiger partial charge in [0.2, 0.25) is 5.91 Å². The normalized spacial score (nSPS) is 18.6. The van der Waals surface area contributed by atoms with Gasteiger partial charge in [0, 0.05) is 11.3 Å². The van der Waals surface area contributed by atoms with Gasteiger partial charge >= 0.3 is 6.03 Å². The Morgan fingerprint density at radius 2 is 1.77 bits per heavy atom. The molecule has 0 aliphatic carbocycles. The van der Waals surface area contributed by atoms with Crippen LogP contribution in [-0.4, -0.2) is 29.3 Å². The van der Waals surface area contributed by atoms with E-state index in [4.69, 9.17) is 0 Å². The number of imide groups is 1. The van der Waals surface area contributed by atoms with E-state index in [1.807, 2.05) is 30.3 Å². The Hall–Kier alpha value is -3.81. The zero-order valence-electron chi connectivity index (χ0n) is 15.9. The number of anilines is 1. The Kier molecular flexibility index (Phi) is 4.69. The Morgan fingerprint density at radius 3 is 2.53 bits per heavy atom. The van der Waals surface area contributed by atoms with Crippen molar-refractivity contribution in [3.05, 3.63) is 77.9 Å². The molecule has 3 aromatic rings. The molecule has 0 saturated carbocycles. The number of amides is 4. The highest BCUT2D eigenvalue weighted by Gasteiger charge is 2.50. The average molecular weight is 409 g/mol. The van der Waals surface area contributed by atoms with E-state index in [0.29, 0.717) is 10.6 Å². The molecule has 3 aromatic carbocycles. The maximum absolute atomic E-state index is 14.2. The monoisotopic (exact) mass is 409 g/mol. The summed E-state index contributed by atoms with van der Waals surface area (Å²) >= 11 is 0. The molecule has 0 radical (unpaired) electrons. The van der Waals surface area contributed by atoms with Crippen molar-refractivity contribution in [1.82, 2.24) is 10.2 Å². The van der Waals surface area contributed by atoms with Crippen LogP contribution >= 0.6 is 0 Å². The summed E-state index contributed by atoms with van der Waals surface area (Å²) in [5, 5.41) is 6.92. The first kappa shape index (κ1) is 19.5. The second-order valence-corrected chi connectivity index (χ2v) is 7.18. The largest absolute Gasteiger partial charge is 0.325 e. The number of urea groups is 1. The average Bonchev–Trinajstić information content (AvgIpc) is 2.93. The molecule has 4 rings (SSSR count). The molecule has 0 aromatic heterocycles. The maximum atomic E-state index is 14.2. The first-order chi connectivity index (χ1) is 14.3. The van der Waals surface area contributed by atoms with Gasteiger partial charge in [-0.1, -0.05) is 30.3 Å². The SMILES string of the molecule is C[C@]1(c2cc(F)ccc2F)NC(=O)N(CC(=O)Nc2ccc3ccccc3c2)C1=O. The maximum Gasteiger partial charge on any atom is 0.325 e. The third kappa shape index (κ3) is 3.36. The van der Waals surface area contributed by atoms with Gasteiger partial charge in [0.1, 0.15) is 23.7 Å². The molecular weight excluding hydrogens is 392 g/mol. The number of halogens is 2. The summed E-state index contributed by atoms with van der Waals surface area (Å²) in [6.45, 7) is 0.705. The van der Waals surface area contributed by atoms with Gasteiger partial charge in [-0.25, -0.2) is 13.6 Å². The second kappa shape index (κ2) is 7.22. The molecule has 0 spiro atoms. The Balaban J connectivity index is 1.52. The Morgan fingerprint density at radius 1 is 1.03 bits per heavy atom. The highest BCUT2D eigenvalue weighted by Crippen LogP contribution is 2.31. The van der Waals surface area contributed by atoms with Crippen molar-refractivity contribution in [2.24, 2.45) is 0 Å². The number of fused-ring (bicyclic) bond motifs is 1. The van der Waals surface area contributed by atoms with E-state index >= 15 is 0 Å². The van der Waals surface area contributed by atoms with Crippen molar-refractivity contribution in [3.8, 4) is 0 Å². The van der Waals surface area contributed by atoms with Crippen molar-refractivity contribution in [3.63, 3.8) is 0 Å². The summed E-state index contributed by atoms with van der Waals surface area (Å²) in [6.07, 6.45) is 0. The zero-order valence-corrected chi connectivity index (χ0v) is 15.9. The van der Waals surface area contributed by atoms with Crippen LogP contribution in [0.25, 0.3) is 10.8 Å². The van der Waals surface area contributed by atoms with Crippen LogP contribution in [0.15, 0.2) is 60.7 Å². The number of benzene rings is 3. The molecule has 0 unspecified atom stereocenters. The molecule has 1 atom stereocenters. The van der Waals surface area contributed by atoms with Gasteiger partial charge in [-0.3, -0.25) is 14.5 Å². The minimum atomic E-state index is -1.81. The molecule has 0 bridgehead atoms. The van der Waals surface area contributed by atoms with Gasteiger partial charge in [0.15, 0.2) is 0 Å². The van der Waals surface area contributed by atoms with Crippen LogP contribution in [0.1, 0.15) is 12.5 Å². The van der Waals surface area contributed by atoms with Crippen molar-refractivity contribution < 1.29 is 23.2 Å². The predicted molar refractivity (Wildman–Crippen MR) is 107 cm³/mol. The number of rotatable bonds is 4. The molecule has 4 amide bonds. The van der Waals surface area contributed by atoms with Crippen molar-refractivity contribution in [2.45, 2.75) is 12.5 Å². The molecule has 2 N–H and O–H groups in total. The molecule has 152 valence electrons. The number of nitrogens with one attached hydrogen (secondary N) is 2. The summed E-state index contributed by atoms with van der Waals surface area (Å²) in [5.74, 6) is -3.03. The van der Waals surface area contributed by atoms with Crippen LogP contribution in [0.5, 0.6) is 0 Å². The van der Waals surface area contributed by atoms with Crippen LogP contribution in [0.2, 0.25) is 0 Å². The standard InChI is InChI=1S/C22H17F2N3O3/c1-22(17-11-15(23)7-9-18(17)24)20(29)27(21(30)26-22)12-19(28)25-16-8-6-13-4-2-3-5-14(13)10-16/h2-11H,12H2,1H3,(H,25,28)(H,26,30)/t22-/m1/s1. The van der Waals surface area contributed by atoms with Crippen LogP contribution < -0.4 is 10.6 Å². The number of nitrogens with zero attached hydrogens (tertiary/aromatic N) is 1. The van der Waals surface area contributed by atoms with Crippen LogP contribution in [0.4, 0.5) is 19.3 Å². The van der Waals surface area contributed by atoms with E-state index in [1.54, 1.807) is 12.1 Å². The molecule has 1 aliphatic rings. The molecule has 1 saturated heterocycles. The van der Waals surface area contributed by atoms with Crippen LogP contribution in [0, 0.1) is 11.6 Å². The number of hydrogen-bond acceptors (Lipinski definition) is 3. The summed E-state index contributed by atoms with van der Waals surface area (Å²) in [7, 11) is 0. The van der Waals surface area contributed by atoms with Crippen molar-refractivity contribution in [1.29, 1.82) is 0 Å². The van der Waals surface area contributed by atoms with E-state index in [-0.39, 0.29) is 5.56 Å². The Labute approximate surface area is 170 Å². The van der Waals surface area contributed by atoms with E-state index in [2.05, 4.69) is 10.6 Å². The number of hydrogen-bond donors (Lipinski definition) is 2. The number of carbonyl (C=O) groups is 3. The summed E-state index contributed by atoms with van der Waals surface area (Å²) < 4.78 is 27.8. The molecule has 1 fully saturated rings. The van der Waals surface area contributed by atoms with Crippen LogP contribution in [0.3, 0.4) is 0 Å². The molecule has 1 heterocycles. The fourth-order valence-corrected chi connectivity index (χ4v) is 3.51. The van der Waals surface area contributed by atoms with Gasteiger partial charge in [-0.05, 0) is 48.0 Å². The minimum Gasteiger partial charge on any atom is -0.325 e. The summed E-state index contributed by atoms with van der Waals surface area (Å²) in [5.41, 5.74) is -1.62. The molecule has 6 nitrogen and oxygen atoms in total. The fourth-order valence-electron chi connectivity index (χ4n) is 3.51. The molecule has 1 aliphatic heterocycles. The quantitative estimate of drug-likeness (QED) is 0.647. The smallest absolute Gasteiger partial charge is 0.325 e. The summed E-state index contributed by atoms with van der Waals surface area (Å²) in [4.78, 5) is 38.3. The lowest BCUT2D eigenvalue weighted by atomic mass is 9.91. The topological polar surface area (TPSA) is 78.5 Å². The van der Waals surface area contributed by atoms with E-state index < -0.39 is 41.6 Å². The molecule has 8 heteroatoms.